The molecular weight excluding hydrogens is 430 g/mol. The highest BCUT2D eigenvalue weighted by Crippen LogP contribution is 2.23. The van der Waals surface area contributed by atoms with Crippen LogP contribution in [0.3, 0.4) is 0 Å². The first kappa shape index (κ1) is 29.3. The molecule has 0 aliphatic carbocycles. The minimum atomic E-state index is -3.87. The van der Waals surface area contributed by atoms with Crippen LogP contribution in [0.25, 0.3) is 0 Å². The van der Waals surface area contributed by atoms with E-state index in [0.717, 1.165) is 0 Å². The molecule has 0 spiro atoms. The van der Waals surface area contributed by atoms with Crippen LogP contribution < -0.4 is 5.32 Å². The molecule has 0 aliphatic rings. The van der Waals surface area contributed by atoms with E-state index in [4.69, 9.17) is 13.7 Å². The van der Waals surface area contributed by atoms with E-state index in [9.17, 15) is 27.9 Å². The summed E-state index contributed by atoms with van der Waals surface area (Å²) in [6.07, 6.45) is -0.0852. The molecule has 0 saturated carbocycles. The van der Waals surface area contributed by atoms with Crippen LogP contribution in [0.5, 0.6) is 0 Å². The van der Waals surface area contributed by atoms with E-state index >= 15 is 0 Å². The normalized spacial score (nSPS) is 13.0. The van der Waals surface area contributed by atoms with Gasteiger partial charge in [-0.15, -0.1) is 0 Å². The number of aliphatic hydroxyl groups is 1. The van der Waals surface area contributed by atoms with Gasteiger partial charge in [0.1, 0.15) is 0 Å². The van der Waals surface area contributed by atoms with Crippen molar-refractivity contribution >= 4 is 28.0 Å². The monoisotopic (exact) mass is 467 g/mol. The first-order chi connectivity index (χ1) is 14.3. The molecule has 0 aromatic rings. The topological polar surface area (TPSA) is 145 Å². The van der Waals surface area contributed by atoms with Crippen molar-refractivity contribution in [3.8, 4) is 0 Å². The van der Waals surface area contributed by atoms with Crippen molar-refractivity contribution in [1.82, 2.24) is 5.32 Å². The molecule has 11 heteroatoms. The van der Waals surface area contributed by atoms with Crippen LogP contribution in [0, 0.1) is 11.3 Å². The van der Waals surface area contributed by atoms with Crippen LogP contribution in [-0.4, -0.2) is 69.6 Å². The second-order valence-corrected chi connectivity index (χ2v) is 10.2. The summed E-state index contributed by atoms with van der Waals surface area (Å²) in [7, 11) is -3.87. The molecule has 31 heavy (non-hydrogen) atoms. The van der Waals surface area contributed by atoms with Crippen LogP contribution in [0.1, 0.15) is 60.3 Å². The zero-order valence-corrected chi connectivity index (χ0v) is 20.0. The SMILES string of the molecule is CC(=O)NCCCS(=O)(=O)OCC(C)(C)[C@@H](O)C(=O)OCCCCOC(=O)CC(C)C. The lowest BCUT2D eigenvalue weighted by atomic mass is 9.88. The van der Waals surface area contributed by atoms with Gasteiger partial charge in [-0.1, -0.05) is 27.7 Å². The molecule has 0 aliphatic heterocycles. The Bertz CT molecular complexity index is 674. The fourth-order valence-electron chi connectivity index (χ4n) is 2.25. The molecular formula is C20H37NO9S. The van der Waals surface area contributed by atoms with Gasteiger partial charge in [0.05, 0.1) is 25.6 Å². The highest BCUT2D eigenvalue weighted by Gasteiger charge is 2.36. The summed E-state index contributed by atoms with van der Waals surface area (Å²) in [6, 6.07) is 0. The third-order valence-electron chi connectivity index (χ3n) is 4.14. The van der Waals surface area contributed by atoms with Crippen molar-refractivity contribution < 1.29 is 41.6 Å². The maximum Gasteiger partial charge on any atom is 0.335 e. The number of aliphatic hydroxyl groups excluding tert-OH is 1. The molecule has 1 atom stereocenters. The fourth-order valence-corrected chi connectivity index (χ4v) is 3.35. The van der Waals surface area contributed by atoms with Gasteiger partial charge in [-0.3, -0.25) is 13.8 Å². The van der Waals surface area contributed by atoms with Gasteiger partial charge in [-0.25, -0.2) is 4.79 Å². The molecule has 0 fully saturated rings. The first-order valence-corrected chi connectivity index (χ1v) is 12.0. The molecule has 0 rings (SSSR count). The number of carbonyl (C=O) groups excluding carboxylic acids is 3. The van der Waals surface area contributed by atoms with Crippen LogP contribution in [-0.2, 0) is 38.2 Å². The summed E-state index contributed by atoms with van der Waals surface area (Å²) in [5, 5.41) is 12.7. The lowest BCUT2D eigenvalue weighted by Gasteiger charge is -2.28. The number of unbranched alkanes of at least 4 members (excludes halogenated alkanes) is 1. The van der Waals surface area contributed by atoms with Crippen LogP contribution in [0.2, 0.25) is 0 Å². The van der Waals surface area contributed by atoms with Crippen LogP contribution in [0.15, 0.2) is 0 Å². The second-order valence-electron chi connectivity index (χ2n) is 8.44. The molecule has 0 aromatic carbocycles. The minimum absolute atomic E-state index is 0.0377. The molecule has 182 valence electrons. The average Bonchev–Trinajstić information content (AvgIpc) is 2.65. The first-order valence-electron chi connectivity index (χ1n) is 10.4. The minimum Gasteiger partial charge on any atom is -0.466 e. The molecule has 0 bridgehead atoms. The maximum absolute atomic E-state index is 12.0. The Morgan fingerprint density at radius 3 is 2.16 bits per heavy atom. The number of carbonyl (C=O) groups is 3. The van der Waals surface area contributed by atoms with Gasteiger partial charge >= 0.3 is 11.9 Å². The smallest absolute Gasteiger partial charge is 0.335 e. The maximum atomic E-state index is 12.0. The predicted octanol–water partition coefficient (Wildman–Crippen LogP) is 1.16. The highest BCUT2D eigenvalue weighted by molar-refractivity contribution is 7.86. The zero-order valence-electron chi connectivity index (χ0n) is 19.1. The summed E-state index contributed by atoms with van der Waals surface area (Å²) >= 11 is 0. The van der Waals surface area contributed by atoms with Gasteiger partial charge in [-0.2, -0.15) is 8.42 Å². The summed E-state index contributed by atoms with van der Waals surface area (Å²) in [5.74, 6) is -1.48. The molecule has 0 aromatic heterocycles. The number of rotatable bonds is 16. The lowest BCUT2D eigenvalue weighted by molar-refractivity contribution is -0.161. The average molecular weight is 468 g/mol. The fraction of sp³-hybridized carbons (Fsp3) is 0.850. The molecule has 0 heterocycles. The quantitative estimate of drug-likeness (QED) is 0.194. The van der Waals surface area contributed by atoms with Crippen molar-refractivity contribution in [2.45, 2.75) is 66.4 Å². The summed E-state index contributed by atoms with van der Waals surface area (Å²) in [6.45, 7) is 8.20. The van der Waals surface area contributed by atoms with Gasteiger partial charge in [-0.05, 0) is 25.2 Å². The van der Waals surface area contributed by atoms with E-state index in [0.29, 0.717) is 19.3 Å². The van der Waals surface area contributed by atoms with E-state index in [2.05, 4.69) is 5.32 Å². The van der Waals surface area contributed by atoms with Gasteiger partial charge in [0.2, 0.25) is 5.91 Å². The van der Waals surface area contributed by atoms with Gasteiger partial charge in [0, 0.05) is 25.3 Å². The molecule has 0 radical (unpaired) electrons. The van der Waals surface area contributed by atoms with E-state index in [-0.39, 0.29) is 49.7 Å². The van der Waals surface area contributed by atoms with Crippen molar-refractivity contribution in [2.75, 3.05) is 32.1 Å². The standard InChI is InChI=1S/C20H37NO9S/c1-15(2)13-17(23)28-10-6-7-11-29-19(25)18(24)20(4,5)14-30-31(26,27)12-8-9-21-16(3)22/h15,18,24H,6-14H2,1-5H3,(H,21,22)/t18-/m0/s1. The third kappa shape index (κ3) is 14.8. The van der Waals surface area contributed by atoms with Crippen molar-refractivity contribution in [2.24, 2.45) is 11.3 Å². The number of ether oxygens (including phenoxy) is 2. The van der Waals surface area contributed by atoms with E-state index in [1.165, 1.54) is 20.8 Å². The summed E-state index contributed by atoms with van der Waals surface area (Å²) in [5.41, 5.74) is -1.20. The predicted molar refractivity (Wildman–Crippen MR) is 113 cm³/mol. The Hall–Kier alpha value is -1.72. The highest BCUT2D eigenvalue weighted by atomic mass is 32.2. The van der Waals surface area contributed by atoms with E-state index < -0.39 is 34.2 Å². The summed E-state index contributed by atoms with van der Waals surface area (Å²) < 4.78 is 38.8. The Balaban J connectivity index is 4.21. The van der Waals surface area contributed by atoms with Gasteiger partial charge in [0.15, 0.2) is 6.10 Å². The second kappa shape index (κ2) is 14.4. The van der Waals surface area contributed by atoms with Crippen LogP contribution in [0.4, 0.5) is 0 Å². The zero-order chi connectivity index (χ0) is 24.1. The molecule has 10 nitrogen and oxygen atoms in total. The van der Waals surface area contributed by atoms with E-state index in [1.54, 1.807) is 0 Å². The number of nitrogens with one attached hydrogen (secondary N) is 1. The Morgan fingerprint density at radius 2 is 1.61 bits per heavy atom. The number of amides is 1. The lowest BCUT2D eigenvalue weighted by Crippen LogP contribution is -2.41. The Kier molecular flexibility index (Phi) is 13.6. The molecule has 0 unspecified atom stereocenters. The van der Waals surface area contributed by atoms with Gasteiger partial charge in [0.25, 0.3) is 10.1 Å². The van der Waals surface area contributed by atoms with Crippen LogP contribution >= 0.6 is 0 Å². The molecule has 0 saturated heterocycles. The Labute approximate surface area is 185 Å². The number of hydrogen-bond acceptors (Lipinski definition) is 9. The Morgan fingerprint density at radius 1 is 1.03 bits per heavy atom. The molecule has 2 N–H and O–H groups in total. The molecule has 1 amide bonds. The van der Waals surface area contributed by atoms with Crippen molar-refractivity contribution in [3.63, 3.8) is 0 Å². The van der Waals surface area contributed by atoms with Crippen molar-refractivity contribution in [1.29, 1.82) is 0 Å². The summed E-state index contributed by atoms with van der Waals surface area (Å²) in [4.78, 5) is 34.2. The van der Waals surface area contributed by atoms with E-state index in [1.807, 2.05) is 13.8 Å². The third-order valence-corrected chi connectivity index (χ3v) is 5.41. The number of esters is 2. The largest absolute Gasteiger partial charge is 0.466 e. The van der Waals surface area contributed by atoms with Gasteiger partial charge < -0.3 is 19.9 Å². The van der Waals surface area contributed by atoms with Crippen molar-refractivity contribution in [3.05, 3.63) is 0 Å². The number of hydrogen-bond donors (Lipinski definition) is 2.